The van der Waals surface area contributed by atoms with Crippen LogP contribution < -0.4 is 0 Å². The Kier molecular flexibility index (Phi) is 2.53. The number of hydrogen-bond donors (Lipinski definition) is 0. The van der Waals surface area contributed by atoms with Crippen LogP contribution in [0.1, 0.15) is 20.8 Å². The zero-order chi connectivity index (χ0) is 11.2. The van der Waals surface area contributed by atoms with E-state index in [9.17, 15) is 4.79 Å². The summed E-state index contributed by atoms with van der Waals surface area (Å²) in [7, 11) is 2.17. The highest BCUT2D eigenvalue weighted by Gasteiger charge is 2.42. The van der Waals surface area contributed by atoms with Crippen LogP contribution in [-0.2, 0) is 4.79 Å². The lowest BCUT2D eigenvalue weighted by molar-refractivity contribution is -0.138. The molecule has 3 nitrogen and oxygen atoms in total. The van der Waals surface area contributed by atoms with E-state index < -0.39 is 0 Å². The number of hydrogen-bond acceptors (Lipinski definition) is 2. The zero-order valence-corrected chi connectivity index (χ0v) is 10.3. The SMILES string of the molecule is CN1C[C@@H]2CN(C(=O)C(C)(C)C)C[C@@H]2C1. The van der Waals surface area contributed by atoms with Crippen LogP contribution in [0.5, 0.6) is 0 Å². The van der Waals surface area contributed by atoms with Gasteiger partial charge in [0.2, 0.25) is 5.91 Å². The Morgan fingerprint density at radius 3 is 1.93 bits per heavy atom. The molecular weight excluding hydrogens is 188 g/mol. The van der Waals surface area contributed by atoms with Gasteiger partial charge in [0.15, 0.2) is 0 Å². The van der Waals surface area contributed by atoms with Crippen LogP contribution in [0.15, 0.2) is 0 Å². The Labute approximate surface area is 92.4 Å². The Morgan fingerprint density at radius 1 is 1.07 bits per heavy atom. The molecule has 0 spiro atoms. The molecule has 0 saturated carbocycles. The van der Waals surface area contributed by atoms with Crippen molar-refractivity contribution in [2.45, 2.75) is 20.8 Å². The molecule has 86 valence electrons. The average molecular weight is 210 g/mol. The fourth-order valence-electron chi connectivity index (χ4n) is 2.87. The predicted molar refractivity (Wildman–Crippen MR) is 60.5 cm³/mol. The van der Waals surface area contributed by atoms with Gasteiger partial charge in [-0.2, -0.15) is 0 Å². The molecule has 15 heavy (non-hydrogen) atoms. The molecule has 0 radical (unpaired) electrons. The molecule has 2 saturated heterocycles. The van der Waals surface area contributed by atoms with Gasteiger partial charge in [0.05, 0.1) is 0 Å². The Bertz CT molecular complexity index is 255. The molecule has 2 fully saturated rings. The van der Waals surface area contributed by atoms with Crippen LogP contribution in [0, 0.1) is 17.3 Å². The highest BCUT2D eigenvalue weighted by Crippen LogP contribution is 2.32. The highest BCUT2D eigenvalue weighted by atomic mass is 16.2. The Hall–Kier alpha value is -0.570. The zero-order valence-electron chi connectivity index (χ0n) is 10.3. The van der Waals surface area contributed by atoms with E-state index in [1.165, 1.54) is 13.1 Å². The maximum Gasteiger partial charge on any atom is 0.227 e. The van der Waals surface area contributed by atoms with Crippen molar-refractivity contribution in [1.82, 2.24) is 9.80 Å². The number of fused-ring (bicyclic) bond motifs is 1. The molecule has 2 aliphatic heterocycles. The largest absolute Gasteiger partial charge is 0.342 e. The summed E-state index contributed by atoms with van der Waals surface area (Å²) in [5.74, 6) is 1.77. The van der Waals surface area contributed by atoms with Crippen LogP contribution in [0.2, 0.25) is 0 Å². The molecule has 0 N–H and O–H groups in total. The number of carbonyl (C=O) groups excluding carboxylic acids is 1. The van der Waals surface area contributed by atoms with E-state index in [1.54, 1.807) is 0 Å². The fraction of sp³-hybridized carbons (Fsp3) is 0.917. The number of carbonyl (C=O) groups is 1. The molecule has 2 heterocycles. The van der Waals surface area contributed by atoms with Gasteiger partial charge in [0, 0.05) is 31.6 Å². The van der Waals surface area contributed by atoms with Gasteiger partial charge in [-0.25, -0.2) is 0 Å². The topological polar surface area (TPSA) is 23.6 Å². The van der Waals surface area contributed by atoms with Crippen LogP contribution in [-0.4, -0.2) is 48.9 Å². The van der Waals surface area contributed by atoms with Crippen LogP contribution >= 0.6 is 0 Å². The van der Waals surface area contributed by atoms with Gasteiger partial charge in [0.1, 0.15) is 0 Å². The van der Waals surface area contributed by atoms with E-state index in [0.717, 1.165) is 24.9 Å². The highest BCUT2D eigenvalue weighted by molar-refractivity contribution is 5.81. The summed E-state index contributed by atoms with van der Waals surface area (Å²) in [6.45, 7) is 10.3. The van der Waals surface area contributed by atoms with E-state index in [1.807, 2.05) is 20.8 Å². The van der Waals surface area contributed by atoms with Gasteiger partial charge in [-0.15, -0.1) is 0 Å². The number of nitrogens with zero attached hydrogens (tertiary/aromatic N) is 2. The summed E-state index contributed by atoms with van der Waals surface area (Å²) in [5.41, 5.74) is -0.218. The third kappa shape index (κ3) is 2.03. The Morgan fingerprint density at radius 2 is 1.53 bits per heavy atom. The molecule has 0 aliphatic carbocycles. The van der Waals surface area contributed by atoms with Crippen molar-refractivity contribution < 1.29 is 4.79 Å². The maximum atomic E-state index is 12.1. The van der Waals surface area contributed by atoms with Gasteiger partial charge in [-0.1, -0.05) is 20.8 Å². The molecule has 2 atom stereocenters. The first-order valence-corrected chi connectivity index (χ1v) is 5.86. The minimum Gasteiger partial charge on any atom is -0.342 e. The molecule has 2 rings (SSSR count). The third-order valence-corrected chi connectivity index (χ3v) is 3.60. The van der Waals surface area contributed by atoms with Crippen molar-refractivity contribution in [3.05, 3.63) is 0 Å². The van der Waals surface area contributed by atoms with Crippen LogP contribution in [0.4, 0.5) is 0 Å². The second kappa shape index (κ2) is 3.48. The second-order valence-corrected chi connectivity index (χ2v) is 6.20. The maximum absolute atomic E-state index is 12.1. The smallest absolute Gasteiger partial charge is 0.227 e. The minimum atomic E-state index is -0.218. The molecule has 1 amide bonds. The molecule has 0 aromatic heterocycles. The molecule has 3 heteroatoms. The predicted octanol–water partition coefficient (Wildman–Crippen LogP) is 1.05. The minimum absolute atomic E-state index is 0.218. The lowest BCUT2D eigenvalue weighted by atomic mass is 9.95. The van der Waals surface area contributed by atoms with Gasteiger partial charge in [-0.05, 0) is 18.9 Å². The first-order valence-electron chi connectivity index (χ1n) is 5.86. The van der Waals surface area contributed by atoms with Crippen LogP contribution in [0.25, 0.3) is 0 Å². The van der Waals surface area contributed by atoms with Gasteiger partial charge < -0.3 is 9.80 Å². The summed E-state index contributed by atoms with van der Waals surface area (Å²) in [4.78, 5) is 16.5. The summed E-state index contributed by atoms with van der Waals surface area (Å²) in [6.07, 6.45) is 0. The third-order valence-electron chi connectivity index (χ3n) is 3.60. The summed E-state index contributed by atoms with van der Waals surface area (Å²) in [5, 5.41) is 0. The number of rotatable bonds is 0. The lowest BCUT2D eigenvalue weighted by Crippen LogP contribution is -2.39. The van der Waals surface area contributed by atoms with Crippen molar-refractivity contribution >= 4 is 5.91 Å². The summed E-state index contributed by atoms with van der Waals surface area (Å²) < 4.78 is 0. The summed E-state index contributed by atoms with van der Waals surface area (Å²) in [6, 6.07) is 0. The van der Waals surface area contributed by atoms with E-state index in [0.29, 0.717) is 5.91 Å². The van der Waals surface area contributed by atoms with Crippen molar-refractivity contribution in [3.8, 4) is 0 Å². The Balaban J connectivity index is 1.98. The normalized spacial score (nSPS) is 32.1. The van der Waals surface area contributed by atoms with Gasteiger partial charge >= 0.3 is 0 Å². The first kappa shape index (κ1) is 10.9. The molecular formula is C12H22N2O. The summed E-state index contributed by atoms with van der Waals surface area (Å²) >= 11 is 0. The van der Waals surface area contributed by atoms with E-state index in [2.05, 4.69) is 16.8 Å². The molecule has 0 bridgehead atoms. The molecule has 0 aromatic rings. The van der Waals surface area contributed by atoms with E-state index in [-0.39, 0.29) is 5.41 Å². The molecule has 0 unspecified atom stereocenters. The second-order valence-electron chi connectivity index (χ2n) is 6.20. The van der Waals surface area contributed by atoms with Gasteiger partial charge in [-0.3, -0.25) is 4.79 Å². The van der Waals surface area contributed by atoms with Crippen molar-refractivity contribution in [1.29, 1.82) is 0 Å². The molecule has 0 aromatic carbocycles. The number of amides is 1. The van der Waals surface area contributed by atoms with Gasteiger partial charge in [0.25, 0.3) is 0 Å². The van der Waals surface area contributed by atoms with E-state index >= 15 is 0 Å². The van der Waals surface area contributed by atoms with E-state index in [4.69, 9.17) is 0 Å². The van der Waals surface area contributed by atoms with Crippen molar-refractivity contribution in [3.63, 3.8) is 0 Å². The number of likely N-dealkylation sites (tertiary alicyclic amines) is 2. The quantitative estimate of drug-likeness (QED) is 0.597. The fourth-order valence-corrected chi connectivity index (χ4v) is 2.87. The monoisotopic (exact) mass is 210 g/mol. The van der Waals surface area contributed by atoms with Crippen LogP contribution in [0.3, 0.4) is 0 Å². The van der Waals surface area contributed by atoms with Crippen molar-refractivity contribution in [2.24, 2.45) is 17.3 Å². The van der Waals surface area contributed by atoms with Crippen molar-refractivity contribution in [2.75, 3.05) is 33.2 Å². The lowest BCUT2D eigenvalue weighted by Gasteiger charge is -2.27. The average Bonchev–Trinajstić information content (AvgIpc) is 2.57. The molecule has 2 aliphatic rings. The standard InChI is InChI=1S/C12H22N2O/c1-12(2,3)11(15)14-7-9-5-13(4)6-10(9)8-14/h9-10H,5-8H2,1-4H3/t9-,10+. The first-order chi connectivity index (χ1) is 6.88.